The van der Waals surface area contributed by atoms with Gasteiger partial charge < -0.3 is 9.80 Å². The number of hydrogen-bond acceptors (Lipinski definition) is 2. The topological polar surface area (TPSA) is 6.48 Å². The van der Waals surface area contributed by atoms with Crippen molar-refractivity contribution in [3.63, 3.8) is 0 Å². The molecule has 0 bridgehead atoms. The molecule has 105 heavy (non-hydrogen) atoms. The van der Waals surface area contributed by atoms with E-state index in [-0.39, 0.29) is 5.41 Å². The van der Waals surface area contributed by atoms with Crippen LogP contribution in [0.2, 0.25) is 0 Å². The zero-order chi connectivity index (χ0) is 69.8. The van der Waals surface area contributed by atoms with Gasteiger partial charge in [-0.1, -0.05) is 329 Å². The van der Waals surface area contributed by atoms with Crippen molar-refractivity contribution in [3.05, 3.63) is 456 Å². The van der Waals surface area contributed by atoms with Crippen molar-refractivity contribution in [2.45, 2.75) is 30.1 Å². The van der Waals surface area contributed by atoms with Gasteiger partial charge in [-0.05, 0) is 229 Å². The second-order valence-electron chi connectivity index (χ2n) is 28.9. The number of para-hydroxylation sites is 2. The summed E-state index contributed by atoms with van der Waals surface area (Å²) in [4.78, 5) is 4.93. The minimum Gasteiger partial charge on any atom is -0.310 e. The van der Waals surface area contributed by atoms with Gasteiger partial charge in [0.15, 0.2) is 0 Å². The van der Waals surface area contributed by atoms with E-state index < -0.39 is 10.8 Å². The summed E-state index contributed by atoms with van der Waals surface area (Å²) in [6, 6.07) is 151. The molecule has 0 unspecified atom stereocenters. The van der Waals surface area contributed by atoms with Crippen molar-refractivity contribution in [3.8, 4) is 66.8 Å². The van der Waals surface area contributed by atoms with Crippen LogP contribution in [0.5, 0.6) is 0 Å². The molecule has 3 aliphatic rings. The third kappa shape index (κ3) is 9.50. The molecule has 0 spiro atoms. The fraction of sp³-hybridized carbons (Fsp3) is 0.0485. The highest BCUT2D eigenvalue weighted by atomic mass is 15.1. The monoisotopic (exact) mass is 1340 g/mol. The van der Waals surface area contributed by atoms with Crippen LogP contribution in [0.15, 0.2) is 400 Å². The second-order valence-corrected chi connectivity index (χ2v) is 28.9. The van der Waals surface area contributed by atoms with Crippen molar-refractivity contribution >= 4 is 55.7 Å². The average Bonchev–Trinajstić information content (AvgIpc) is 1.57. The Morgan fingerprint density at radius 3 is 0.905 bits per heavy atom. The molecule has 0 amide bonds. The summed E-state index contributed by atoms with van der Waals surface area (Å²) in [6.45, 7) is 4.78. The van der Waals surface area contributed by atoms with Crippen LogP contribution in [0.3, 0.4) is 0 Å². The molecule has 17 aromatic carbocycles. The maximum Gasteiger partial charge on any atom is 0.0713 e. The predicted octanol–water partition coefficient (Wildman–Crippen LogP) is 27.0. The third-order valence-corrected chi connectivity index (χ3v) is 23.2. The quantitative estimate of drug-likeness (QED) is 0.106. The van der Waals surface area contributed by atoms with E-state index in [1.54, 1.807) is 0 Å². The van der Waals surface area contributed by atoms with Crippen LogP contribution in [0.4, 0.5) is 34.1 Å². The van der Waals surface area contributed by atoms with E-state index in [1.807, 2.05) is 0 Å². The largest absolute Gasteiger partial charge is 0.310 e. The summed E-state index contributed by atoms with van der Waals surface area (Å²) < 4.78 is 0. The lowest BCUT2D eigenvalue weighted by atomic mass is 9.67. The van der Waals surface area contributed by atoms with Crippen LogP contribution in [0.25, 0.3) is 88.3 Å². The van der Waals surface area contributed by atoms with Gasteiger partial charge >= 0.3 is 0 Å². The van der Waals surface area contributed by atoms with Crippen molar-refractivity contribution < 1.29 is 0 Å². The molecule has 2 nitrogen and oxygen atoms in total. The van der Waals surface area contributed by atoms with Crippen molar-refractivity contribution in [2.24, 2.45) is 0 Å². The lowest BCUT2D eigenvalue weighted by molar-refractivity contribution is 0.660. The first-order chi connectivity index (χ1) is 51.8. The highest BCUT2D eigenvalue weighted by Gasteiger charge is 2.48. The molecule has 494 valence electrons. The number of anilines is 6. The SMILES string of the molecule is CC1(C)c2ccccc2-c2ccc(N(c3ccc(-c4ccccc4)cc3)c3ccc4c(-c5ccc6c(c5)C(c5ccccc5)(c5ccccc5)c5ccccc5-6)c5cc(N(c6ccccc6)c6ccccc6)ccc5c(-c5ccc6c(c5)C(c5ccccc5)(c5ccccc5)c5ccccc5-6)c4c3)cc21. The highest BCUT2D eigenvalue weighted by molar-refractivity contribution is 6.23. The molecule has 20 rings (SSSR count). The molecular formula is C103H72N2. The van der Waals surface area contributed by atoms with Crippen molar-refractivity contribution in [1.29, 1.82) is 0 Å². The van der Waals surface area contributed by atoms with Crippen LogP contribution in [0.1, 0.15) is 69.5 Å². The van der Waals surface area contributed by atoms with Gasteiger partial charge in [0, 0.05) is 39.5 Å². The van der Waals surface area contributed by atoms with Gasteiger partial charge in [0.25, 0.3) is 0 Å². The number of hydrogen-bond donors (Lipinski definition) is 0. The lowest BCUT2D eigenvalue weighted by Crippen LogP contribution is -2.28. The summed E-state index contributed by atoms with van der Waals surface area (Å²) >= 11 is 0. The Balaban J connectivity index is 0.920. The number of benzene rings is 17. The van der Waals surface area contributed by atoms with Crippen molar-refractivity contribution in [1.82, 2.24) is 0 Å². The fourth-order valence-electron chi connectivity index (χ4n) is 18.6. The van der Waals surface area contributed by atoms with Gasteiger partial charge in [-0.15, -0.1) is 0 Å². The zero-order valence-corrected chi connectivity index (χ0v) is 58.5. The Hall–Kier alpha value is -13.1. The fourth-order valence-corrected chi connectivity index (χ4v) is 18.6. The van der Waals surface area contributed by atoms with E-state index in [0.717, 1.165) is 66.8 Å². The molecule has 0 aromatic heterocycles. The molecule has 0 N–H and O–H groups in total. The molecule has 2 heteroatoms. The van der Waals surface area contributed by atoms with Gasteiger partial charge in [-0.2, -0.15) is 0 Å². The molecular weight excluding hydrogens is 1270 g/mol. The van der Waals surface area contributed by atoms with Crippen LogP contribution >= 0.6 is 0 Å². The standard InChI is InChI=1S/C103H72N2/c1-101(2)93-47-27-24-44-83(93)86-61-56-82(68-96(86)101)105(79-54-50-70(51-55-79)69-30-10-3-11-31-69)81-58-63-90-92(67-81)100(72-53-60-88-85-46-26-29-49-95(85)103(98(88)65-72,75-36-16-6-17-37-75)76-38-18-7-19-39-76)89-62-57-80(104(77-40-20-8-21-41-77)78-42-22-9-23-43-78)66-91(89)99(90)71-52-59-87-84-45-25-28-48-94(84)102(97(87)64-71,73-32-12-4-13-33-73)74-34-14-5-15-35-74/h3-68H,1-2H3. The van der Waals surface area contributed by atoms with Crippen LogP contribution in [-0.4, -0.2) is 0 Å². The molecule has 3 aliphatic carbocycles. The third-order valence-electron chi connectivity index (χ3n) is 23.2. The predicted molar refractivity (Wildman–Crippen MR) is 439 cm³/mol. The number of fused-ring (bicyclic) bond motifs is 11. The average molecular weight is 1340 g/mol. The summed E-state index contributed by atoms with van der Waals surface area (Å²) in [7, 11) is 0. The van der Waals surface area contributed by atoms with Gasteiger partial charge in [-0.3, -0.25) is 0 Å². The lowest BCUT2D eigenvalue weighted by Gasteiger charge is -2.34. The molecule has 17 aromatic rings. The van der Waals surface area contributed by atoms with Gasteiger partial charge in [0.2, 0.25) is 0 Å². The Morgan fingerprint density at radius 1 is 0.181 bits per heavy atom. The molecule has 0 atom stereocenters. The molecule has 0 aliphatic heterocycles. The summed E-state index contributed by atoms with van der Waals surface area (Å²) in [5.41, 5.74) is 32.1. The van der Waals surface area contributed by atoms with Gasteiger partial charge in [0.05, 0.1) is 10.8 Å². The highest BCUT2D eigenvalue weighted by Crippen LogP contribution is 2.61. The summed E-state index contributed by atoms with van der Waals surface area (Å²) in [6.07, 6.45) is 0. The van der Waals surface area contributed by atoms with E-state index in [2.05, 4.69) is 424 Å². The maximum absolute atomic E-state index is 2.57. The Labute approximate surface area is 614 Å². The van der Waals surface area contributed by atoms with Crippen LogP contribution in [0, 0.1) is 0 Å². The number of nitrogens with zero attached hydrogens (tertiary/aromatic N) is 2. The first-order valence-corrected chi connectivity index (χ1v) is 36.7. The molecule has 0 fully saturated rings. The Bertz CT molecular complexity index is 6090. The molecule has 0 saturated carbocycles. The molecule has 0 saturated heterocycles. The minimum absolute atomic E-state index is 0.234. The molecule has 0 heterocycles. The number of rotatable bonds is 13. The normalized spacial score (nSPS) is 13.7. The first-order valence-electron chi connectivity index (χ1n) is 36.7. The molecule has 0 radical (unpaired) electrons. The van der Waals surface area contributed by atoms with Crippen molar-refractivity contribution in [2.75, 3.05) is 9.80 Å². The summed E-state index contributed by atoms with van der Waals surface area (Å²) in [5.74, 6) is 0. The van der Waals surface area contributed by atoms with E-state index in [9.17, 15) is 0 Å². The minimum atomic E-state index is -0.643. The Morgan fingerprint density at radius 2 is 0.467 bits per heavy atom. The maximum atomic E-state index is 2.57. The van der Waals surface area contributed by atoms with Crippen LogP contribution < -0.4 is 9.80 Å². The Kier molecular flexibility index (Phi) is 14.4. The van der Waals surface area contributed by atoms with Gasteiger partial charge in [-0.25, -0.2) is 0 Å². The van der Waals surface area contributed by atoms with E-state index in [4.69, 9.17) is 0 Å². The van der Waals surface area contributed by atoms with E-state index in [1.165, 1.54) is 111 Å². The second kappa shape index (κ2) is 24.6. The summed E-state index contributed by atoms with van der Waals surface area (Å²) in [5, 5.41) is 4.59. The zero-order valence-electron chi connectivity index (χ0n) is 58.5. The van der Waals surface area contributed by atoms with Gasteiger partial charge in [0.1, 0.15) is 0 Å². The smallest absolute Gasteiger partial charge is 0.0713 e. The van der Waals surface area contributed by atoms with E-state index in [0.29, 0.717) is 0 Å². The van der Waals surface area contributed by atoms with Crippen LogP contribution in [-0.2, 0) is 16.2 Å². The first kappa shape index (κ1) is 61.7. The van der Waals surface area contributed by atoms with E-state index >= 15 is 0 Å².